The molecule has 0 spiro atoms. The summed E-state index contributed by atoms with van der Waals surface area (Å²) < 4.78 is 10.7. The monoisotopic (exact) mass is 618 g/mol. The third-order valence-electron chi connectivity index (χ3n) is 9.70. The van der Waals surface area contributed by atoms with Crippen LogP contribution < -0.4 is 0 Å². The van der Waals surface area contributed by atoms with E-state index >= 15 is 0 Å². The molecule has 0 unspecified atom stereocenters. The Kier molecular flexibility index (Phi) is 5.64. The maximum atomic E-state index is 10.4. The van der Waals surface area contributed by atoms with Crippen LogP contribution in [0.25, 0.3) is 87.0 Å². The van der Waals surface area contributed by atoms with Crippen LogP contribution in [0.1, 0.15) is 23.3 Å². The lowest BCUT2D eigenvalue weighted by molar-refractivity contribution is 0.595. The minimum atomic E-state index is 0.705. The molecule has 0 N–H and O–H groups in total. The van der Waals surface area contributed by atoms with Gasteiger partial charge in [-0.25, -0.2) is 0 Å². The van der Waals surface area contributed by atoms with Crippen LogP contribution in [-0.2, 0) is 6.42 Å². The highest BCUT2D eigenvalue weighted by atomic mass is 32.1. The third-order valence-corrected chi connectivity index (χ3v) is 11.0. The first kappa shape index (κ1) is 26.3. The molecule has 0 saturated carbocycles. The van der Waals surface area contributed by atoms with Gasteiger partial charge in [-0.3, -0.25) is 0 Å². The van der Waals surface area contributed by atoms with E-state index in [9.17, 15) is 5.26 Å². The summed E-state index contributed by atoms with van der Waals surface area (Å²) in [6.07, 6.45) is 6.28. The van der Waals surface area contributed by atoms with Crippen molar-refractivity contribution in [1.29, 1.82) is 5.26 Å². The van der Waals surface area contributed by atoms with Crippen LogP contribution in [0.5, 0.6) is 0 Å². The van der Waals surface area contributed by atoms with Crippen molar-refractivity contribution in [3.8, 4) is 34.0 Å². The van der Waals surface area contributed by atoms with Crippen LogP contribution in [0.15, 0.2) is 132 Å². The molecular weight excluding hydrogens is 593 g/mol. The number of para-hydroxylation sites is 1. The van der Waals surface area contributed by atoms with E-state index in [1.807, 2.05) is 0 Å². The molecule has 0 bridgehead atoms. The Balaban J connectivity index is 1.20. The predicted molar refractivity (Wildman–Crippen MR) is 196 cm³/mol. The van der Waals surface area contributed by atoms with Gasteiger partial charge >= 0.3 is 0 Å². The topological polar surface area (TPSA) is 41.9 Å². The summed E-state index contributed by atoms with van der Waals surface area (Å²) in [6.45, 7) is 0. The normalized spacial score (nSPS) is 12.8. The molecule has 0 fully saturated rings. The maximum Gasteiger partial charge on any atom is 0.135 e. The molecule has 3 nitrogen and oxygen atoms in total. The molecule has 4 heteroatoms. The zero-order valence-electron chi connectivity index (χ0n) is 25.3. The molecule has 220 valence electrons. The van der Waals surface area contributed by atoms with Crippen molar-refractivity contribution in [3.05, 3.63) is 144 Å². The van der Waals surface area contributed by atoms with E-state index in [4.69, 9.17) is 4.42 Å². The van der Waals surface area contributed by atoms with Gasteiger partial charge in [-0.1, -0.05) is 78.9 Å². The second-order valence-electron chi connectivity index (χ2n) is 12.3. The first-order valence-electron chi connectivity index (χ1n) is 16.0. The van der Waals surface area contributed by atoms with Gasteiger partial charge in [0.05, 0.1) is 31.7 Å². The van der Waals surface area contributed by atoms with E-state index in [0.29, 0.717) is 5.56 Å². The molecule has 0 atom stereocenters. The van der Waals surface area contributed by atoms with Gasteiger partial charge in [0, 0.05) is 32.5 Å². The zero-order valence-corrected chi connectivity index (χ0v) is 26.1. The van der Waals surface area contributed by atoms with Gasteiger partial charge in [0.1, 0.15) is 17.4 Å². The molecule has 10 rings (SSSR count). The number of furan rings is 1. The third kappa shape index (κ3) is 3.91. The molecule has 0 saturated heterocycles. The lowest BCUT2D eigenvalue weighted by Gasteiger charge is -2.10. The fourth-order valence-electron chi connectivity index (χ4n) is 7.51. The Morgan fingerprint density at radius 2 is 1.38 bits per heavy atom. The summed E-state index contributed by atoms with van der Waals surface area (Å²) >= 11 is 1.72. The first-order valence-corrected chi connectivity index (χ1v) is 16.8. The van der Waals surface area contributed by atoms with Crippen molar-refractivity contribution in [2.45, 2.75) is 12.8 Å². The van der Waals surface area contributed by atoms with Gasteiger partial charge in [-0.05, 0) is 89.7 Å². The maximum absolute atomic E-state index is 10.4. The summed E-state index contributed by atoms with van der Waals surface area (Å²) in [7, 11) is 0. The van der Waals surface area contributed by atoms with Crippen LogP contribution in [0.4, 0.5) is 0 Å². The minimum Gasteiger partial charge on any atom is -0.456 e. The average Bonchev–Trinajstić information content (AvgIpc) is 3.80. The molecule has 0 aliphatic heterocycles. The molecule has 1 aliphatic rings. The highest BCUT2D eigenvalue weighted by molar-refractivity contribution is 7.26. The number of allylic oxidation sites excluding steroid dienone is 1. The van der Waals surface area contributed by atoms with Crippen molar-refractivity contribution in [1.82, 2.24) is 4.57 Å². The minimum absolute atomic E-state index is 0.705. The molecule has 1 aliphatic carbocycles. The number of hydrogen-bond acceptors (Lipinski definition) is 3. The van der Waals surface area contributed by atoms with Crippen molar-refractivity contribution < 1.29 is 4.42 Å². The lowest BCUT2D eigenvalue weighted by atomic mass is 9.96. The van der Waals surface area contributed by atoms with Crippen molar-refractivity contribution in [2.75, 3.05) is 0 Å². The second kappa shape index (κ2) is 10.1. The highest BCUT2D eigenvalue weighted by Crippen LogP contribution is 2.44. The van der Waals surface area contributed by atoms with E-state index in [2.05, 4.69) is 144 Å². The van der Waals surface area contributed by atoms with Crippen molar-refractivity contribution in [3.63, 3.8) is 0 Å². The van der Waals surface area contributed by atoms with E-state index in [-0.39, 0.29) is 0 Å². The Hall–Kier alpha value is -5.89. The number of benzene rings is 6. The smallest absolute Gasteiger partial charge is 0.135 e. The summed E-state index contributed by atoms with van der Waals surface area (Å²) in [5.41, 5.74) is 10.9. The van der Waals surface area contributed by atoms with Crippen LogP contribution in [0, 0.1) is 11.3 Å². The van der Waals surface area contributed by atoms with Crippen LogP contribution in [0.2, 0.25) is 0 Å². The van der Waals surface area contributed by atoms with E-state index in [0.717, 1.165) is 51.1 Å². The number of aromatic nitrogens is 1. The summed E-state index contributed by atoms with van der Waals surface area (Å²) in [4.78, 5) is 0. The molecular formula is C43H26N2OS. The molecule has 6 aromatic carbocycles. The molecule has 0 radical (unpaired) electrons. The molecule has 0 amide bonds. The Bertz CT molecular complexity index is 2800. The SMILES string of the molecule is N#Cc1cc(-c2ccc3oc4c(c3c2)CCC=C4)cc2c1sc1c(-n3c4ccccc4c4cc(-c5ccccc5)ccc43)cccc12. The van der Waals surface area contributed by atoms with Gasteiger partial charge in [0.25, 0.3) is 0 Å². The fourth-order valence-corrected chi connectivity index (χ4v) is 8.76. The number of nitrogens with zero attached hydrogens (tertiary/aromatic N) is 2. The summed E-state index contributed by atoms with van der Waals surface area (Å²) in [5, 5.41) is 16.3. The molecule has 3 aromatic heterocycles. The number of fused-ring (bicyclic) bond motifs is 9. The van der Waals surface area contributed by atoms with E-state index in [1.165, 1.54) is 54.0 Å². The lowest BCUT2D eigenvalue weighted by Crippen LogP contribution is -1.93. The van der Waals surface area contributed by atoms with Crippen molar-refractivity contribution >= 4 is 70.4 Å². The highest BCUT2D eigenvalue weighted by Gasteiger charge is 2.20. The largest absolute Gasteiger partial charge is 0.456 e. The Labute approximate surface area is 274 Å². The van der Waals surface area contributed by atoms with Gasteiger partial charge < -0.3 is 8.98 Å². The summed E-state index contributed by atoms with van der Waals surface area (Å²) in [6, 6.07) is 45.9. The Morgan fingerprint density at radius 1 is 0.617 bits per heavy atom. The molecule has 9 aromatic rings. The van der Waals surface area contributed by atoms with E-state index in [1.54, 1.807) is 11.3 Å². The Morgan fingerprint density at radius 3 is 2.30 bits per heavy atom. The van der Waals surface area contributed by atoms with Crippen LogP contribution in [-0.4, -0.2) is 4.57 Å². The quantitative estimate of drug-likeness (QED) is 0.198. The number of thiophene rings is 1. The van der Waals surface area contributed by atoms with Gasteiger partial charge in [0.15, 0.2) is 0 Å². The standard InChI is InChI=1S/C43H26N2OS/c44-25-30-21-29(28-18-20-41-35(23-28)32-12-5-7-16-40(32)46-41)24-36-33-13-8-15-39(43(33)47-42(30)36)45-37-14-6-4-11-31(37)34-22-27(17-19-38(34)45)26-9-2-1-3-10-26/h1-4,6-11,13-24H,5,12H2. The van der Waals surface area contributed by atoms with Gasteiger partial charge in [-0.15, -0.1) is 11.3 Å². The van der Waals surface area contributed by atoms with Gasteiger partial charge in [-0.2, -0.15) is 5.26 Å². The average molecular weight is 619 g/mol. The predicted octanol–water partition coefficient (Wildman–Crippen LogP) is 12.1. The summed E-state index contributed by atoms with van der Waals surface area (Å²) in [5.74, 6) is 0.967. The number of hydrogen-bond donors (Lipinski definition) is 0. The molecule has 47 heavy (non-hydrogen) atoms. The number of aryl methyl sites for hydroxylation is 1. The van der Waals surface area contributed by atoms with Crippen molar-refractivity contribution in [2.24, 2.45) is 0 Å². The number of rotatable bonds is 3. The van der Waals surface area contributed by atoms with E-state index < -0.39 is 0 Å². The van der Waals surface area contributed by atoms with Crippen LogP contribution >= 0.6 is 11.3 Å². The first-order chi connectivity index (χ1) is 23.2. The van der Waals surface area contributed by atoms with Crippen LogP contribution in [0.3, 0.4) is 0 Å². The second-order valence-corrected chi connectivity index (χ2v) is 13.3. The van der Waals surface area contributed by atoms with Gasteiger partial charge in [0.2, 0.25) is 0 Å². The number of nitriles is 1. The zero-order chi connectivity index (χ0) is 31.1. The fraction of sp³-hybridized carbons (Fsp3) is 0.0465. The molecule has 3 heterocycles.